The first-order valence-corrected chi connectivity index (χ1v) is 8.26. The topological polar surface area (TPSA) is 49.4 Å². The predicted molar refractivity (Wildman–Crippen MR) is 97.7 cm³/mol. The molecular weight excluding hydrogens is 312 g/mol. The fraction of sp³-hybridized carbons (Fsp3) is 0.238. The van der Waals surface area contributed by atoms with Crippen LogP contribution in [0.1, 0.15) is 23.1 Å². The summed E-state index contributed by atoms with van der Waals surface area (Å²) in [5, 5.41) is 2.86. The van der Waals surface area contributed by atoms with Crippen molar-refractivity contribution in [1.82, 2.24) is 4.90 Å². The molecule has 0 aliphatic carbocycles. The van der Waals surface area contributed by atoms with Gasteiger partial charge in [-0.25, -0.2) is 0 Å². The Labute approximate surface area is 147 Å². The molecule has 4 nitrogen and oxygen atoms in total. The van der Waals surface area contributed by atoms with Gasteiger partial charge in [0.15, 0.2) is 0 Å². The van der Waals surface area contributed by atoms with Gasteiger partial charge in [-0.3, -0.25) is 9.59 Å². The highest BCUT2D eigenvalue weighted by Crippen LogP contribution is 2.22. The fourth-order valence-electron chi connectivity index (χ4n) is 2.95. The number of carbonyl (C=O) groups excluding carboxylic acids is 2. The second-order valence-electron chi connectivity index (χ2n) is 6.38. The Hall–Kier alpha value is -3.06. The summed E-state index contributed by atoms with van der Waals surface area (Å²) in [6.07, 6.45) is 5.62. The van der Waals surface area contributed by atoms with Crippen LogP contribution in [0.5, 0.6) is 0 Å². The largest absolute Gasteiger partial charge is 0.338 e. The van der Waals surface area contributed by atoms with E-state index in [4.69, 9.17) is 6.42 Å². The SMILES string of the molecule is C#Cc1cccc(NC(=O)C2CC(=O)N(Cc3ccc(C)cc3)C2)c1. The molecule has 3 rings (SSSR count). The van der Waals surface area contributed by atoms with Gasteiger partial charge in [0.05, 0.1) is 5.92 Å². The number of nitrogens with one attached hydrogen (secondary N) is 1. The standard InChI is InChI=1S/C21H20N2O2/c1-3-16-5-4-6-19(11-16)22-21(25)18-12-20(24)23(14-18)13-17-9-7-15(2)8-10-17/h1,4-11,18H,12-14H2,2H3,(H,22,25). The number of terminal acetylenes is 1. The van der Waals surface area contributed by atoms with Gasteiger partial charge in [0, 0.05) is 30.8 Å². The average Bonchev–Trinajstić information content (AvgIpc) is 2.98. The number of benzene rings is 2. The van der Waals surface area contributed by atoms with Crippen LogP contribution in [0.15, 0.2) is 48.5 Å². The molecule has 0 saturated carbocycles. The van der Waals surface area contributed by atoms with Gasteiger partial charge in [0.25, 0.3) is 0 Å². The normalized spacial score (nSPS) is 16.6. The van der Waals surface area contributed by atoms with Gasteiger partial charge < -0.3 is 10.2 Å². The maximum atomic E-state index is 12.5. The van der Waals surface area contributed by atoms with Gasteiger partial charge >= 0.3 is 0 Å². The number of hydrogen-bond donors (Lipinski definition) is 1. The summed E-state index contributed by atoms with van der Waals surface area (Å²) in [5.41, 5.74) is 3.62. The molecule has 0 radical (unpaired) electrons. The minimum Gasteiger partial charge on any atom is -0.338 e. The number of likely N-dealkylation sites (tertiary alicyclic amines) is 1. The third kappa shape index (κ3) is 4.07. The third-order valence-corrected chi connectivity index (χ3v) is 4.38. The Morgan fingerprint density at radius 1 is 1.28 bits per heavy atom. The van der Waals surface area contributed by atoms with E-state index in [2.05, 4.69) is 11.2 Å². The Balaban J connectivity index is 1.62. The zero-order valence-corrected chi connectivity index (χ0v) is 14.2. The molecule has 1 unspecified atom stereocenters. The molecular formula is C21H20N2O2. The molecule has 1 N–H and O–H groups in total. The van der Waals surface area contributed by atoms with E-state index in [0.717, 1.165) is 5.56 Å². The molecule has 0 bridgehead atoms. The van der Waals surface area contributed by atoms with E-state index in [-0.39, 0.29) is 24.2 Å². The molecule has 0 spiro atoms. The van der Waals surface area contributed by atoms with E-state index in [1.54, 1.807) is 29.2 Å². The first-order valence-electron chi connectivity index (χ1n) is 8.26. The maximum absolute atomic E-state index is 12.5. The zero-order chi connectivity index (χ0) is 17.8. The highest BCUT2D eigenvalue weighted by Gasteiger charge is 2.34. The fourth-order valence-corrected chi connectivity index (χ4v) is 2.95. The van der Waals surface area contributed by atoms with E-state index >= 15 is 0 Å². The molecule has 2 aromatic rings. The average molecular weight is 332 g/mol. The third-order valence-electron chi connectivity index (χ3n) is 4.38. The Bertz CT molecular complexity index is 834. The van der Waals surface area contributed by atoms with Crippen molar-refractivity contribution in [3.63, 3.8) is 0 Å². The molecule has 2 amide bonds. The highest BCUT2D eigenvalue weighted by molar-refractivity contribution is 5.97. The summed E-state index contributed by atoms with van der Waals surface area (Å²) < 4.78 is 0. The Kier molecular flexibility index (Phi) is 4.85. The number of carbonyl (C=O) groups is 2. The smallest absolute Gasteiger partial charge is 0.229 e. The van der Waals surface area contributed by atoms with E-state index in [0.29, 0.717) is 24.3 Å². The van der Waals surface area contributed by atoms with Crippen molar-refractivity contribution in [3.8, 4) is 12.3 Å². The second kappa shape index (κ2) is 7.23. The molecule has 25 heavy (non-hydrogen) atoms. The van der Waals surface area contributed by atoms with E-state index in [1.807, 2.05) is 31.2 Å². The number of rotatable bonds is 4. The van der Waals surface area contributed by atoms with Crippen LogP contribution in [-0.4, -0.2) is 23.3 Å². The number of anilines is 1. The molecule has 2 aromatic carbocycles. The predicted octanol–water partition coefficient (Wildman–Crippen LogP) is 2.96. The summed E-state index contributed by atoms with van der Waals surface area (Å²) in [5.74, 6) is 2.07. The summed E-state index contributed by atoms with van der Waals surface area (Å²) in [6.45, 7) is 3.00. The summed E-state index contributed by atoms with van der Waals surface area (Å²) >= 11 is 0. The van der Waals surface area contributed by atoms with Gasteiger partial charge in [-0.15, -0.1) is 6.42 Å². The molecule has 0 aromatic heterocycles. The molecule has 1 heterocycles. The van der Waals surface area contributed by atoms with Crippen LogP contribution < -0.4 is 5.32 Å². The molecule has 1 atom stereocenters. The van der Waals surface area contributed by atoms with Gasteiger partial charge in [-0.2, -0.15) is 0 Å². The Morgan fingerprint density at radius 3 is 2.76 bits per heavy atom. The minimum atomic E-state index is -0.340. The minimum absolute atomic E-state index is 0.0121. The van der Waals surface area contributed by atoms with Crippen molar-refractivity contribution in [1.29, 1.82) is 0 Å². The lowest BCUT2D eigenvalue weighted by Gasteiger charge is -2.17. The van der Waals surface area contributed by atoms with Crippen molar-refractivity contribution in [2.75, 3.05) is 11.9 Å². The summed E-state index contributed by atoms with van der Waals surface area (Å²) in [6, 6.07) is 15.2. The molecule has 1 aliphatic heterocycles. The molecule has 126 valence electrons. The number of nitrogens with zero attached hydrogens (tertiary/aromatic N) is 1. The van der Waals surface area contributed by atoms with E-state index in [9.17, 15) is 9.59 Å². The van der Waals surface area contributed by atoms with Crippen molar-refractivity contribution in [2.45, 2.75) is 19.9 Å². The molecule has 1 aliphatic rings. The van der Waals surface area contributed by atoms with E-state index in [1.165, 1.54) is 5.56 Å². The van der Waals surface area contributed by atoms with Crippen LogP contribution in [0.2, 0.25) is 0 Å². The Morgan fingerprint density at radius 2 is 2.04 bits per heavy atom. The monoisotopic (exact) mass is 332 g/mol. The van der Waals surface area contributed by atoms with E-state index < -0.39 is 0 Å². The zero-order valence-electron chi connectivity index (χ0n) is 14.2. The quantitative estimate of drug-likeness (QED) is 0.875. The van der Waals surface area contributed by atoms with Crippen LogP contribution in [-0.2, 0) is 16.1 Å². The second-order valence-corrected chi connectivity index (χ2v) is 6.38. The maximum Gasteiger partial charge on any atom is 0.229 e. The van der Waals surface area contributed by atoms with Gasteiger partial charge in [0.1, 0.15) is 0 Å². The lowest BCUT2D eigenvalue weighted by atomic mass is 10.1. The van der Waals surface area contributed by atoms with Crippen LogP contribution >= 0.6 is 0 Å². The first kappa shape index (κ1) is 16.8. The van der Waals surface area contributed by atoms with Crippen LogP contribution in [0.4, 0.5) is 5.69 Å². The lowest BCUT2D eigenvalue weighted by molar-refractivity contribution is -0.128. The van der Waals surface area contributed by atoms with Gasteiger partial charge in [-0.05, 0) is 30.7 Å². The van der Waals surface area contributed by atoms with Crippen LogP contribution in [0.25, 0.3) is 0 Å². The van der Waals surface area contributed by atoms with Crippen molar-refractivity contribution >= 4 is 17.5 Å². The number of amides is 2. The molecule has 4 heteroatoms. The first-order chi connectivity index (χ1) is 12.0. The summed E-state index contributed by atoms with van der Waals surface area (Å²) in [7, 11) is 0. The van der Waals surface area contributed by atoms with Crippen LogP contribution in [0, 0.1) is 25.2 Å². The lowest BCUT2D eigenvalue weighted by Crippen LogP contribution is -2.28. The summed E-state index contributed by atoms with van der Waals surface area (Å²) in [4.78, 5) is 26.4. The highest BCUT2D eigenvalue weighted by atomic mass is 16.2. The number of aryl methyl sites for hydroxylation is 1. The van der Waals surface area contributed by atoms with Gasteiger partial charge in [-0.1, -0.05) is 41.8 Å². The van der Waals surface area contributed by atoms with Crippen molar-refractivity contribution in [2.24, 2.45) is 5.92 Å². The molecule has 1 fully saturated rings. The van der Waals surface area contributed by atoms with Gasteiger partial charge in [0.2, 0.25) is 11.8 Å². The van der Waals surface area contributed by atoms with Crippen LogP contribution in [0.3, 0.4) is 0 Å². The van der Waals surface area contributed by atoms with Crippen molar-refractivity contribution < 1.29 is 9.59 Å². The van der Waals surface area contributed by atoms with Crippen molar-refractivity contribution in [3.05, 3.63) is 65.2 Å². The molecule has 1 saturated heterocycles. The number of hydrogen-bond acceptors (Lipinski definition) is 2.